The Bertz CT molecular complexity index is 1290. The summed E-state index contributed by atoms with van der Waals surface area (Å²) >= 11 is 0. The van der Waals surface area contributed by atoms with E-state index < -0.39 is 33.6 Å². The molecule has 7 nitrogen and oxygen atoms in total. The van der Waals surface area contributed by atoms with Crippen LogP contribution in [0.25, 0.3) is 11.3 Å². The Balaban J connectivity index is 1.85. The standard InChI is InChI=1S/C25H30F3N3O4S/c1-5-22(32)17-10-12-20(13-11-17)35-23-15-21(29-31(23)6-2)18-8-7-9-19(14-18)24(3,4)30-36(33,34)16-25(26,27)28/h7-15,22,30,32H,5-6,16H2,1-4H3. The molecule has 1 unspecified atom stereocenters. The first-order valence-corrected chi connectivity index (χ1v) is 13.1. The van der Waals surface area contributed by atoms with Crippen molar-refractivity contribution in [2.24, 2.45) is 0 Å². The van der Waals surface area contributed by atoms with E-state index in [0.29, 0.717) is 41.4 Å². The Morgan fingerprint density at radius 2 is 1.75 bits per heavy atom. The van der Waals surface area contributed by atoms with Crippen LogP contribution >= 0.6 is 0 Å². The van der Waals surface area contributed by atoms with Crippen LogP contribution in [0.1, 0.15) is 51.3 Å². The van der Waals surface area contributed by atoms with Crippen molar-refractivity contribution >= 4 is 10.0 Å². The predicted molar refractivity (Wildman–Crippen MR) is 131 cm³/mol. The topological polar surface area (TPSA) is 93.4 Å². The van der Waals surface area contributed by atoms with Gasteiger partial charge in [-0.15, -0.1) is 0 Å². The van der Waals surface area contributed by atoms with Gasteiger partial charge in [-0.25, -0.2) is 17.8 Å². The number of aliphatic hydroxyl groups excluding tert-OH is 1. The van der Waals surface area contributed by atoms with Crippen molar-refractivity contribution in [1.82, 2.24) is 14.5 Å². The minimum absolute atomic E-state index is 0.476. The molecule has 3 rings (SSSR count). The van der Waals surface area contributed by atoms with Gasteiger partial charge in [0.2, 0.25) is 15.9 Å². The van der Waals surface area contributed by atoms with Crippen LogP contribution in [-0.4, -0.2) is 35.2 Å². The minimum atomic E-state index is -4.84. The molecule has 0 amide bonds. The summed E-state index contributed by atoms with van der Waals surface area (Å²) in [7, 11) is -4.60. The SMILES string of the molecule is CCC(O)c1ccc(Oc2cc(-c3cccc(C(C)(C)NS(=O)(=O)CC(F)(F)F)c3)nn2CC)cc1. The molecule has 3 aromatic rings. The molecule has 1 atom stereocenters. The average Bonchev–Trinajstić information content (AvgIpc) is 3.19. The summed E-state index contributed by atoms with van der Waals surface area (Å²) < 4.78 is 71.9. The Kier molecular flexibility index (Phi) is 8.17. The van der Waals surface area contributed by atoms with Crippen LogP contribution in [0.2, 0.25) is 0 Å². The van der Waals surface area contributed by atoms with E-state index in [-0.39, 0.29) is 0 Å². The van der Waals surface area contributed by atoms with Crippen molar-refractivity contribution in [1.29, 1.82) is 0 Å². The van der Waals surface area contributed by atoms with Crippen LogP contribution in [-0.2, 0) is 22.1 Å². The number of aryl methyl sites for hydroxylation is 1. The molecule has 0 fully saturated rings. The maximum atomic E-state index is 12.7. The molecule has 1 aromatic heterocycles. The molecule has 2 aromatic carbocycles. The molecule has 36 heavy (non-hydrogen) atoms. The van der Waals surface area contributed by atoms with E-state index >= 15 is 0 Å². The molecule has 0 aliphatic rings. The fourth-order valence-electron chi connectivity index (χ4n) is 3.73. The summed E-state index contributed by atoms with van der Waals surface area (Å²) in [6, 6.07) is 15.6. The van der Waals surface area contributed by atoms with E-state index in [2.05, 4.69) is 9.82 Å². The summed E-state index contributed by atoms with van der Waals surface area (Å²) in [6.45, 7) is 7.31. The first-order valence-electron chi connectivity index (χ1n) is 11.5. The number of alkyl halides is 3. The summed E-state index contributed by atoms with van der Waals surface area (Å²) in [4.78, 5) is 0. The molecule has 0 radical (unpaired) electrons. The zero-order valence-corrected chi connectivity index (χ0v) is 21.3. The number of halogens is 3. The van der Waals surface area contributed by atoms with Gasteiger partial charge in [0.15, 0.2) is 5.75 Å². The van der Waals surface area contributed by atoms with Crippen LogP contribution in [0.15, 0.2) is 54.6 Å². The molecule has 196 valence electrons. The Morgan fingerprint density at radius 3 is 2.33 bits per heavy atom. The minimum Gasteiger partial charge on any atom is -0.439 e. The van der Waals surface area contributed by atoms with E-state index in [9.17, 15) is 26.7 Å². The molecule has 0 saturated carbocycles. The number of nitrogens with zero attached hydrogens (tertiary/aromatic N) is 2. The number of hydrogen-bond acceptors (Lipinski definition) is 5. The highest BCUT2D eigenvalue weighted by atomic mass is 32.2. The molecule has 0 bridgehead atoms. The Morgan fingerprint density at radius 1 is 1.08 bits per heavy atom. The molecule has 0 aliphatic carbocycles. The largest absolute Gasteiger partial charge is 0.439 e. The molecule has 0 saturated heterocycles. The second-order valence-electron chi connectivity index (χ2n) is 8.96. The van der Waals surface area contributed by atoms with Gasteiger partial charge in [0.25, 0.3) is 0 Å². The number of benzene rings is 2. The molecule has 11 heteroatoms. The lowest BCUT2D eigenvalue weighted by molar-refractivity contribution is -0.106. The van der Waals surface area contributed by atoms with E-state index in [1.807, 2.05) is 13.8 Å². The third kappa shape index (κ3) is 7.08. The number of rotatable bonds is 10. The van der Waals surface area contributed by atoms with Crippen molar-refractivity contribution in [3.05, 3.63) is 65.7 Å². The predicted octanol–water partition coefficient (Wildman–Crippen LogP) is 5.52. The summed E-state index contributed by atoms with van der Waals surface area (Å²) in [6.07, 6.45) is -4.78. The van der Waals surface area contributed by atoms with Crippen molar-refractivity contribution in [3.63, 3.8) is 0 Å². The Hall–Kier alpha value is -2.89. The highest BCUT2D eigenvalue weighted by Gasteiger charge is 2.38. The zero-order chi connectivity index (χ0) is 26.7. The van der Waals surface area contributed by atoms with Gasteiger partial charge in [-0.05, 0) is 56.5 Å². The van der Waals surface area contributed by atoms with Crippen LogP contribution in [0, 0.1) is 0 Å². The van der Waals surface area contributed by atoms with Crippen LogP contribution in [0.4, 0.5) is 13.2 Å². The molecular weight excluding hydrogens is 495 g/mol. The normalized spacial score (nSPS) is 13.6. The monoisotopic (exact) mass is 525 g/mol. The van der Waals surface area contributed by atoms with Crippen LogP contribution in [0.5, 0.6) is 11.6 Å². The molecule has 2 N–H and O–H groups in total. The number of aromatic nitrogens is 2. The number of ether oxygens (including phenoxy) is 1. The highest BCUT2D eigenvalue weighted by molar-refractivity contribution is 7.89. The van der Waals surface area contributed by atoms with Crippen molar-refractivity contribution in [2.75, 3.05) is 5.75 Å². The highest BCUT2D eigenvalue weighted by Crippen LogP contribution is 2.31. The van der Waals surface area contributed by atoms with Gasteiger partial charge in [0.1, 0.15) is 5.75 Å². The second kappa shape index (κ2) is 10.6. The summed E-state index contributed by atoms with van der Waals surface area (Å²) in [5, 5.41) is 14.5. The van der Waals surface area contributed by atoms with Gasteiger partial charge in [0, 0.05) is 18.2 Å². The molecular formula is C25H30F3N3O4S. The quantitative estimate of drug-likeness (QED) is 0.364. The smallest absolute Gasteiger partial charge is 0.404 e. The van der Waals surface area contributed by atoms with Gasteiger partial charge in [-0.1, -0.05) is 37.3 Å². The van der Waals surface area contributed by atoms with Crippen molar-refractivity contribution < 1.29 is 31.4 Å². The fourth-order valence-corrected chi connectivity index (χ4v) is 5.13. The van der Waals surface area contributed by atoms with Crippen molar-refractivity contribution in [2.45, 2.75) is 58.5 Å². The van der Waals surface area contributed by atoms with Gasteiger partial charge in [0.05, 0.1) is 17.3 Å². The zero-order valence-electron chi connectivity index (χ0n) is 20.5. The van der Waals surface area contributed by atoms with Gasteiger partial charge >= 0.3 is 6.18 Å². The van der Waals surface area contributed by atoms with E-state index in [0.717, 1.165) is 5.56 Å². The third-order valence-corrected chi connectivity index (χ3v) is 7.09. The summed E-state index contributed by atoms with van der Waals surface area (Å²) in [5.41, 5.74) is 1.18. The van der Waals surface area contributed by atoms with E-state index in [1.165, 1.54) is 13.8 Å². The Labute approximate surface area is 209 Å². The van der Waals surface area contributed by atoms with Crippen LogP contribution in [0.3, 0.4) is 0 Å². The van der Waals surface area contributed by atoms with E-state index in [4.69, 9.17) is 4.74 Å². The number of aliphatic hydroxyl groups is 1. The molecule has 0 spiro atoms. The number of nitrogens with one attached hydrogen (secondary N) is 1. The summed E-state index contributed by atoms with van der Waals surface area (Å²) in [5.74, 6) is -0.910. The number of hydrogen-bond donors (Lipinski definition) is 2. The maximum Gasteiger partial charge on any atom is 0.404 e. The van der Waals surface area contributed by atoms with Crippen LogP contribution < -0.4 is 9.46 Å². The lowest BCUT2D eigenvalue weighted by atomic mass is 9.93. The van der Waals surface area contributed by atoms with Gasteiger partial charge in [-0.2, -0.15) is 18.3 Å². The van der Waals surface area contributed by atoms with E-state index in [1.54, 1.807) is 59.3 Å². The van der Waals surface area contributed by atoms with Gasteiger partial charge < -0.3 is 9.84 Å². The average molecular weight is 526 g/mol. The third-order valence-electron chi connectivity index (χ3n) is 5.56. The lowest BCUT2D eigenvalue weighted by Crippen LogP contribution is -2.44. The first kappa shape index (κ1) is 27.7. The number of sulfonamides is 1. The molecule has 1 heterocycles. The maximum absolute atomic E-state index is 12.7. The van der Waals surface area contributed by atoms with Crippen molar-refractivity contribution in [3.8, 4) is 22.9 Å². The van der Waals surface area contributed by atoms with Gasteiger partial charge in [-0.3, -0.25) is 0 Å². The lowest BCUT2D eigenvalue weighted by Gasteiger charge is -2.27. The second-order valence-corrected chi connectivity index (χ2v) is 10.7. The first-order chi connectivity index (χ1) is 16.7. The molecule has 0 aliphatic heterocycles. The fraction of sp³-hybridized carbons (Fsp3) is 0.400.